The van der Waals surface area contributed by atoms with E-state index in [0.717, 1.165) is 34.6 Å². The Labute approximate surface area is 244 Å². The zero-order chi connectivity index (χ0) is 32.3. The van der Waals surface area contributed by atoms with Crippen molar-refractivity contribution in [3.63, 3.8) is 0 Å². The average molecular weight is 617 g/mol. The predicted molar refractivity (Wildman–Crippen MR) is 135 cm³/mol. The average Bonchev–Trinajstić information content (AvgIpc) is 2.90. The first-order chi connectivity index (χ1) is 20.3. The summed E-state index contributed by atoms with van der Waals surface area (Å²) < 4.78 is 49.1. The smallest absolute Gasteiger partial charge is 0.303 e. The van der Waals surface area contributed by atoms with Crippen molar-refractivity contribution in [2.75, 3.05) is 20.3 Å². The molecule has 0 aliphatic carbocycles. The van der Waals surface area contributed by atoms with E-state index in [0.29, 0.717) is 0 Å². The van der Waals surface area contributed by atoms with Crippen molar-refractivity contribution in [2.24, 2.45) is 10.2 Å². The normalized spacial score (nSPS) is 31.7. The lowest BCUT2D eigenvalue weighted by molar-refractivity contribution is -0.301. The van der Waals surface area contributed by atoms with Gasteiger partial charge in [-0.1, -0.05) is 10.2 Å². The lowest BCUT2D eigenvalue weighted by Gasteiger charge is -2.45. The molecule has 238 valence electrons. The van der Waals surface area contributed by atoms with Gasteiger partial charge in [-0.25, -0.2) is 0 Å². The summed E-state index contributed by atoms with van der Waals surface area (Å²) in [6.07, 6.45) is -11.1. The Hall–Kier alpha value is -4.19. The highest BCUT2D eigenvalue weighted by Gasteiger charge is 2.53. The molecule has 0 saturated carbocycles. The minimum absolute atomic E-state index is 0.488. The van der Waals surface area contributed by atoms with Gasteiger partial charge in [-0.2, -0.15) is 0 Å². The van der Waals surface area contributed by atoms with Gasteiger partial charge in [-0.15, -0.1) is 0 Å². The molecule has 20 nitrogen and oxygen atoms in total. The first-order valence-corrected chi connectivity index (χ1v) is 12.7. The first kappa shape index (κ1) is 35.0. The highest BCUT2D eigenvalue weighted by atomic mass is 16.7. The van der Waals surface area contributed by atoms with Gasteiger partial charge in [0.1, 0.15) is 30.9 Å². The van der Waals surface area contributed by atoms with Crippen LogP contribution in [0.5, 0.6) is 0 Å². The van der Waals surface area contributed by atoms with E-state index in [1.165, 1.54) is 7.11 Å². The Morgan fingerprint density at radius 2 is 1.02 bits per heavy atom. The van der Waals surface area contributed by atoms with Crippen molar-refractivity contribution < 1.29 is 66.6 Å². The van der Waals surface area contributed by atoms with Crippen LogP contribution < -0.4 is 0 Å². The third-order valence-electron chi connectivity index (χ3n) is 5.92. The molecule has 10 atom stereocenters. The van der Waals surface area contributed by atoms with E-state index in [-0.39, 0.29) is 0 Å². The van der Waals surface area contributed by atoms with Crippen LogP contribution in [-0.2, 0) is 66.6 Å². The number of methoxy groups -OCH3 is 1. The number of azide groups is 2. The molecule has 2 aliphatic rings. The van der Waals surface area contributed by atoms with Crippen LogP contribution in [0.15, 0.2) is 10.2 Å². The molecule has 2 saturated heterocycles. The van der Waals surface area contributed by atoms with Gasteiger partial charge in [0.25, 0.3) is 0 Å². The van der Waals surface area contributed by atoms with Gasteiger partial charge in [0.05, 0.1) is 6.61 Å². The molecule has 0 aromatic carbocycles. The van der Waals surface area contributed by atoms with Crippen molar-refractivity contribution in [1.29, 1.82) is 0 Å². The SMILES string of the molecule is CO[C@@H]1O[C@H](CO[C@H]2O[C@H](COC(C)=O)[C@H](OC(C)=O)[C@H](OC(C)=O)[C@H]2N=[N+]=[N-])[C@H](OC(C)=O)[C@H](OC(C)=O)[C@H]1N=[N+]=[N-]. The molecule has 0 aromatic rings. The molecule has 0 aromatic heterocycles. The number of nitrogens with zero attached hydrogens (tertiary/aromatic N) is 6. The van der Waals surface area contributed by atoms with Crippen LogP contribution >= 0.6 is 0 Å². The van der Waals surface area contributed by atoms with Crippen molar-refractivity contribution in [2.45, 2.75) is 95.9 Å². The Balaban J connectivity index is 2.48. The van der Waals surface area contributed by atoms with Gasteiger partial charge in [-0.05, 0) is 11.1 Å². The van der Waals surface area contributed by atoms with E-state index >= 15 is 0 Å². The van der Waals surface area contributed by atoms with Crippen LogP contribution in [0.2, 0.25) is 0 Å². The fourth-order valence-electron chi connectivity index (χ4n) is 4.46. The maximum atomic E-state index is 12.0. The van der Waals surface area contributed by atoms with Gasteiger partial charge in [0, 0.05) is 51.6 Å². The third-order valence-corrected chi connectivity index (χ3v) is 5.92. The predicted octanol–water partition coefficient (Wildman–Crippen LogP) is 0.747. The number of carbonyl (C=O) groups is 5. The standard InChI is InChI=1S/C23H32N6O14/c1-9(30)36-7-14-18(38-10(2)31)21(41-13(5)34)17(27-29-25)23(43-14)37-8-15-19(39-11(3)32)20(40-12(4)33)16(26-28-24)22(35-6)42-15/h14-23H,7-8H2,1-6H3/t14-,15-,16-,17-,18+,19+,20-,21-,22-,23+/m1/s1. The van der Waals surface area contributed by atoms with E-state index < -0.39 is 104 Å². The first-order valence-electron chi connectivity index (χ1n) is 12.7. The molecular formula is C23H32N6O14. The topological polar surface area (TPSA) is 266 Å². The molecule has 2 heterocycles. The summed E-state index contributed by atoms with van der Waals surface area (Å²) in [5.74, 6) is -3.97. The Kier molecular flexibility index (Phi) is 13.4. The molecule has 0 amide bonds. The molecule has 0 radical (unpaired) electrons. The Morgan fingerprint density at radius 3 is 1.42 bits per heavy atom. The number of hydrogen-bond donors (Lipinski definition) is 0. The van der Waals surface area contributed by atoms with Gasteiger partial charge in [0.15, 0.2) is 37.0 Å². The van der Waals surface area contributed by atoms with Crippen LogP contribution in [0.4, 0.5) is 0 Å². The summed E-state index contributed by atoms with van der Waals surface area (Å²) in [6, 6.07) is -2.76. The fraction of sp³-hybridized carbons (Fsp3) is 0.783. The molecule has 43 heavy (non-hydrogen) atoms. The van der Waals surface area contributed by atoms with Crippen molar-refractivity contribution in [3.05, 3.63) is 20.9 Å². The number of esters is 5. The van der Waals surface area contributed by atoms with Crippen LogP contribution in [0.1, 0.15) is 34.6 Å². The zero-order valence-electron chi connectivity index (χ0n) is 24.1. The van der Waals surface area contributed by atoms with Crippen LogP contribution in [0, 0.1) is 0 Å². The van der Waals surface area contributed by atoms with Gasteiger partial charge in [0.2, 0.25) is 0 Å². The molecule has 0 unspecified atom stereocenters. The molecule has 2 aliphatic heterocycles. The molecule has 0 spiro atoms. The lowest BCUT2D eigenvalue weighted by Crippen LogP contribution is -2.63. The molecule has 2 fully saturated rings. The quantitative estimate of drug-likeness (QED) is 0.0962. The minimum Gasteiger partial charge on any atom is -0.463 e. The van der Waals surface area contributed by atoms with Crippen LogP contribution in [-0.4, -0.2) is 111 Å². The van der Waals surface area contributed by atoms with Crippen molar-refractivity contribution in [1.82, 2.24) is 0 Å². The molecular weight excluding hydrogens is 584 g/mol. The summed E-state index contributed by atoms with van der Waals surface area (Å²) >= 11 is 0. The Morgan fingerprint density at radius 1 is 0.628 bits per heavy atom. The summed E-state index contributed by atoms with van der Waals surface area (Å²) in [7, 11) is 1.22. The maximum absolute atomic E-state index is 12.0. The Bertz CT molecular complexity index is 1140. The van der Waals surface area contributed by atoms with E-state index in [4.69, 9.17) is 48.2 Å². The van der Waals surface area contributed by atoms with E-state index in [9.17, 15) is 29.5 Å². The second-order valence-electron chi connectivity index (χ2n) is 9.14. The third kappa shape index (κ3) is 9.95. The lowest BCUT2D eigenvalue weighted by atomic mass is 9.96. The van der Waals surface area contributed by atoms with Gasteiger partial charge in [-0.3, -0.25) is 24.0 Å². The minimum atomic E-state index is -1.56. The summed E-state index contributed by atoms with van der Waals surface area (Å²) in [4.78, 5) is 64.7. The molecule has 0 N–H and O–H groups in total. The zero-order valence-corrected chi connectivity index (χ0v) is 24.1. The van der Waals surface area contributed by atoms with E-state index in [1.807, 2.05) is 0 Å². The number of rotatable bonds is 12. The van der Waals surface area contributed by atoms with E-state index in [1.54, 1.807) is 0 Å². The van der Waals surface area contributed by atoms with Gasteiger partial charge < -0.3 is 42.6 Å². The highest BCUT2D eigenvalue weighted by molar-refractivity contribution is 5.68. The number of hydrogen-bond acceptors (Lipinski definition) is 16. The summed E-state index contributed by atoms with van der Waals surface area (Å²) in [5, 5.41) is 7.19. The van der Waals surface area contributed by atoms with Crippen molar-refractivity contribution in [3.8, 4) is 0 Å². The second kappa shape index (κ2) is 16.4. The maximum Gasteiger partial charge on any atom is 0.303 e. The fourth-order valence-corrected chi connectivity index (χ4v) is 4.46. The monoisotopic (exact) mass is 616 g/mol. The van der Waals surface area contributed by atoms with Crippen molar-refractivity contribution >= 4 is 29.8 Å². The molecule has 0 bridgehead atoms. The highest BCUT2D eigenvalue weighted by Crippen LogP contribution is 2.33. The summed E-state index contributed by atoms with van der Waals surface area (Å²) in [5.41, 5.74) is 18.3. The number of carbonyl (C=O) groups excluding carboxylic acids is 5. The number of ether oxygens (including phenoxy) is 9. The summed E-state index contributed by atoms with van der Waals surface area (Å²) in [6.45, 7) is 4.39. The second-order valence-corrected chi connectivity index (χ2v) is 9.14. The van der Waals surface area contributed by atoms with Crippen LogP contribution in [0.25, 0.3) is 20.9 Å². The molecule has 20 heteroatoms. The largest absolute Gasteiger partial charge is 0.463 e. The van der Waals surface area contributed by atoms with Crippen LogP contribution in [0.3, 0.4) is 0 Å². The van der Waals surface area contributed by atoms with E-state index in [2.05, 4.69) is 20.1 Å². The molecule has 2 rings (SSSR count). The van der Waals surface area contributed by atoms with Gasteiger partial charge >= 0.3 is 29.8 Å².